The van der Waals surface area contributed by atoms with Crippen molar-refractivity contribution in [2.24, 2.45) is 0 Å². The van der Waals surface area contributed by atoms with Crippen molar-refractivity contribution in [2.75, 3.05) is 25.3 Å². The zero-order chi connectivity index (χ0) is 23.0. The van der Waals surface area contributed by atoms with Crippen molar-refractivity contribution < 1.29 is 26.9 Å². The predicted octanol–water partition coefficient (Wildman–Crippen LogP) is 4.26. The van der Waals surface area contributed by atoms with Crippen LogP contribution in [-0.4, -0.2) is 45.4 Å². The smallest absolute Gasteiger partial charge is 0.322 e. The molecule has 9 heteroatoms. The maximum atomic E-state index is 13.0. The molecule has 0 saturated carbocycles. The van der Waals surface area contributed by atoms with Gasteiger partial charge in [-0.15, -0.1) is 0 Å². The average Bonchev–Trinajstić information content (AvgIpc) is 2.77. The lowest BCUT2D eigenvalue weighted by molar-refractivity contribution is 0.187. The Kier molecular flexibility index (Phi) is 8.56. The van der Waals surface area contributed by atoms with Gasteiger partial charge in [-0.05, 0) is 38.0 Å². The van der Waals surface area contributed by atoms with Gasteiger partial charge in [0, 0.05) is 36.5 Å². The van der Waals surface area contributed by atoms with Crippen LogP contribution in [0.4, 0.5) is 10.5 Å². The third kappa shape index (κ3) is 7.06. The van der Waals surface area contributed by atoms with Crippen LogP contribution in [0.2, 0.25) is 0 Å². The number of carbonyl (C=O) groups is 1. The molecule has 0 aromatic heterocycles. The molecule has 31 heavy (non-hydrogen) atoms. The van der Waals surface area contributed by atoms with Crippen LogP contribution in [0.5, 0.6) is 17.2 Å². The van der Waals surface area contributed by atoms with E-state index in [9.17, 15) is 13.2 Å². The van der Waals surface area contributed by atoms with Gasteiger partial charge in [0.25, 0.3) is 0 Å². The van der Waals surface area contributed by atoms with Crippen LogP contribution >= 0.6 is 0 Å². The Labute approximate surface area is 184 Å². The summed E-state index contributed by atoms with van der Waals surface area (Å²) in [4.78, 5) is 14.8. The molecule has 2 amide bonds. The van der Waals surface area contributed by atoms with Gasteiger partial charge in [0.1, 0.15) is 17.2 Å². The molecule has 2 aromatic carbocycles. The summed E-state index contributed by atoms with van der Waals surface area (Å²) in [5.74, 6) is 1.28. The van der Waals surface area contributed by atoms with Crippen molar-refractivity contribution >= 4 is 21.8 Å². The monoisotopic (exact) mass is 450 g/mol. The summed E-state index contributed by atoms with van der Waals surface area (Å²) in [5.41, 5.74) is 1.41. The van der Waals surface area contributed by atoms with E-state index in [2.05, 4.69) is 5.32 Å². The summed E-state index contributed by atoms with van der Waals surface area (Å²) in [7, 11) is -0.487. The number of anilines is 1. The van der Waals surface area contributed by atoms with Crippen LogP contribution in [0.15, 0.2) is 42.5 Å². The number of hydrogen-bond acceptors (Lipinski definition) is 6. The third-order valence-electron chi connectivity index (χ3n) is 4.84. The molecule has 0 aliphatic rings. The number of benzene rings is 2. The zero-order valence-corrected chi connectivity index (χ0v) is 19.4. The normalized spacial score (nSPS) is 12.0. The molecule has 8 nitrogen and oxygen atoms in total. The molecule has 0 unspecified atom stereocenters. The Balaban J connectivity index is 2.17. The van der Waals surface area contributed by atoms with Crippen LogP contribution in [0, 0.1) is 0 Å². The number of methoxy groups -OCH3 is 2. The van der Waals surface area contributed by atoms with Gasteiger partial charge in [0.2, 0.25) is 0 Å². The van der Waals surface area contributed by atoms with E-state index in [1.807, 2.05) is 13.8 Å². The fraction of sp³-hybridized carbons (Fsp3) is 0.409. The number of nitrogens with zero attached hydrogens (tertiary/aromatic N) is 1. The van der Waals surface area contributed by atoms with Gasteiger partial charge in [-0.1, -0.05) is 19.1 Å². The van der Waals surface area contributed by atoms with Gasteiger partial charge in [-0.2, -0.15) is 8.42 Å². The topological polar surface area (TPSA) is 94.2 Å². The summed E-state index contributed by atoms with van der Waals surface area (Å²) in [6.07, 6.45) is 0.769. The molecule has 1 N–H and O–H groups in total. The average molecular weight is 451 g/mol. The molecular weight excluding hydrogens is 420 g/mol. The molecule has 2 aromatic rings. The SMILES string of the molecule is CC[C@@H](C)N(Cc1ccc(OS(=O)(=O)CC)cc1)C(=O)Nc1cc(OC)cc(OC)c1. The Morgan fingerprint density at radius 3 is 2.06 bits per heavy atom. The first-order valence-corrected chi connectivity index (χ1v) is 11.6. The molecule has 0 radical (unpaired) electrons. The van der Waals surface area contributed by atoms with Gasteiger partial charge in [-0.25, -0.2) is 4.79 Å². The minimum Gasteiger partial charge on any atom is -0.497 e. The van der Waals surface area contributed by atoms with E-state index >= 15 is 0 Å². The molecule has 1 atom stereocenters. The van der Waals surface area contributed by atoms with E-state index in [0.29, 0.717) is 23.7 Å². The van der Waals surface area contributed by atoms with Gasteiger partial charge in [0.15, 0.2) is 0 Å². The van der Waals surface area contributed by atoms with Gasteiger partial charge in [-0.3, -0.25) is 0 Å². The highest BCUT2D eigenvalue weighted by molar-refractivity contribution is 7.87. The lowest BCUT2D eigenvalue weighted by atomic mass is 10.1. The highest BCUT2D eigenvalue weighted by Gasteiger charge is 2.20. The lowest BCUT2D eigenvalue weighted by Crippen LogP contribution is -2.40. The molecule has 0 spiro atoms. The highest BCUT2D eigenvalue weighted by atomic mass is 32.2. The van der Waals surface area contributed by atoms with Crippen LogP contribution in [-0.2, 0) is 16.7 Å². The van der Waals surface area contributed by atoms with Crippen LogP contribution in [0.1, 0.15) is 32.8 Å². The predicted molar refractivity (Wildman–Crippen MR) is 120 cm³/mol. The second-order valence-electron chi connectivity index (χ2n) is 6.99. The quantitative estimate of drug-likeness (QED) is 0.544. The summed E-state index contributed by atoms with van der Waals surface area (Å²) in [6, 6.07) is 11.5. The first-order chi connectivity index (χ1) is 14.7. The molecule has 0 aliphatic carbocycles. The molecule has 0 aliphatic heterocycles. The molecule has 0 heterocycles. The molecular formula is C22H30N2O6S. The first-order valence-electron chi connectivity index (χ1n) is 10.0. The van der Waals surface area contributed by atoms with E-state index in [1.54, 1.807) is 61.6 Å². The zero-order valence-electron chi connectivity index (χ0n) is 18.5. The van der Waals surface area contributed by atoms with Crippen molar-refractivity contribution in [2.45, 2.75) is 39.8 Å². The van der Waals surface area contributed by atoms with Crippen molar-refractivity contribution in [3.05, 3.63) is 48.0 Å². The second kappa shape index (κ2) is 10.9. The van der Waals surface area contributed by atoms with Crippen LogP contribution in [0.3, 0.4) is 0 Å². The summed E-state index contributed by atoms with van der Waals surface area (Å²) >= 11 is 0. The maximum absolute atomic E-state index is 13.0. The minimum absolute atomic E-state index is 0.0242. The van der Waals surface area contributed by atoms with E-state index in [1.165, 1.54) is 6.92 Å². The van der Waals surface area contributed by atoms with Gasteiger partial charge < -0.3 is 23.9 Å². The largest absolute Gasteiger partial charge is 0.497 e. The molecule has 0 fully saturated rings. The lowest BCUT2D eigenvalue weighted by Gasteiger charge is -2.29. The standard InChI is InChI=1S/C22H30N2O6S/c1-6-16(3)24(15-17-8-10-19(11-9-17)30-31(26,27)7-2)22(25)23-18-12-20(28-4)14-21(13-18)29-5/h8-14,16H,6-7,15H2,1-5H3,(H,23,25)/t16-/m1/s1. The van der Waals surface area contributed by atoms with E-state index < -0.39 is 10.1 Å². The molecule has 170 valence electrons. The van der Waals surface area contributed by atoms with Crippen LogP contribution < -0.4 is 19.0 Å². The first kappa shape index (κ1) is 24.3. The Hall–Kier alpha value is -2.94. The van der Waals surface area contributed by atoms with E-state index in [4.69, 9.17) is 13.7 Å². The number of rotatable bonds is 10. The number of ether oxygens (including phenoxy) is 2. The third-order valence-corrected chi connectivity index (χ3v) is 5.99. The Morgan fingerprint density at radius 1 is 1.00 bits per heavy atom. The van der Waals surface area contributed by atoms with Gasteiger partial charge in [0.05, 0.1) is 20.0 Å². The number of amides is 2. The van der Waals surface area contributed by atoms with Crippen LogP contribution in [0.25, 0.3) is 0 Å². The van der Waals surface area contributed by atoms with Gasteiger partial charge >= 0.3 is 16.1 Å². The summed E-state index contributed by atoms with van der Waals surface area (Å²) in [6.45, 7) is 5.84. The molecule has 0 bridgehead atoms. The molecule has 0 saturated heterocycles. The fourth-order valence-electron chi connectivity index (χ4n) is 2.78. The van der Waals surface area contributed by atoms with Crippen molar-refractivity contribution in [3.63, 3.8) is 0 Å². The van der Waals surface area contributed by atoms with Crippen molar-refractivity contribution in [1.29, 1.82) is 0 Å². The highest BCUT2D eigenvalue weighted by Crippen LogP contribution is 2.26. The van der Waals surface area contributed by atoms with Crippen molar-refractivity contribution in [3.8, 4) is 17.2 Å². The summed E-state index contributed by atoms with van der Waals surface area (Å²) < 4.78 is 38.7. The number of carbonyl (C=O) groups excluding carboxylic acids is 1. The van der Waals surface area contributed by atoms with Crippen molar-refractivity contribution in [1.82, 2.24) is 4.90 Å². The molecule has 2 rings (SSSR count). The minimum atomic E-state index is -3.58. The fourth-order valence-corrected chi connectivity index (χ4v) is 3.30. The van der Waals surface area contributed by atoms with E-state index in [-0.39, 0.29) is 23.6 Å². The number of urea groups is 1. The Bertz CT molecular complexity index is 954. The van der Waals surface area contributed by atoms with E-state index in [0.717, 1.165) is 12.0 Å². The summed E-state index contributed by atoms with van der Waals surface area (Å²) in [5, 5.41) is 2.90. The number of hydrogen-bond donors (Lipinski definition) is 1. The number of nitrogens with one attached hydrogen (secondary N) is 1. The maximum Gasteiger partial charge on any atom is 0.322 e. The Morgan fingerprint density at radius 2 is 1.58 bits per heavy atom. The second-order valence-corrected chi connectivity index (χ2v) is 8.85.